The minimum Gasteiger partial charge on any atom is -0.491 e. The van der Waals surface area contributed by atoms with Crippen LogP contribution in [0.4, 0.5) is 0 Å². The standard InChI is InChI=1S/C20H23NO3/c1-4-13-23-18-11-7-17(8-12-18)20(22)21-16(3)14-24-19-9-5-15(2)6-10-19/h4-12,16H,1,13-14H2,2-3H3,(H,21,22)/t16-/m1/s1. The van der Waals surface area contributed by atoms with E-state index in [-0.39, 0.29) is 11.9 Å². The average Bonchev–Trinajstić information content (AvgIpc) is 2.60. The molecule has 0 saturated carbocycles. The number of hydrogen-bond acceptors (Lipinski definition) is 3. The molecule has 2 aromatic carbocycles. The van der Waals surface area contributed by atoms with E-state index in [1.165, 1.54) is 5.56 Å². The van der Waals surface area contributed by atoms with Gasteiger partial charge in [-0.25, -0.2) is 0 Å². The minimum atomic E-state index is -0.134. The van der Waals surface area contributed by atoms with E-state index in [0.717, 1.165) is 5.75 Å². The first-order valence-corrected chi connectivity index (χ1v) is 7.92. The van der Waals surface area contributed by atoms with Crippen molar-refractivity contribution in [2.45, 2.75) is 19.9 Å². The lowest BCUT2D eigenvalue weighted by molar-refractivity contribution is 0.0926. The summed E-state index contributed by atoms with van der Waals surface area (Å²) in [6.45, 7) is 8.39. The number of ether oxygens (including phenoxy) is 2. The van der Waals surface area contributed by atoms with Gasteiger partial charge in [-0.15, -0.1) is 0 Å². The number of rotatable bonds is 8. The number of nitrogens with one attached hydrogen (secondary N) is 1. The van der Waals surface area contributed by atoms with E-state index in [1.807, 2.05) is 38.1 Å². The highest BCUT2D eigenvalue weighted by Crippen LogP contribution is 2.13. The van der Waals surface area contributed by atoms with E-state index in [0.29, 0.717) is 24.5 Å². The van der Waals surface area contributed by atoms with Crippen LogP contribution in [0.25, 0.3) is 0 Å². The highest BCUT2D eigenvalue weighted by molar-refractivity contribution is 5.94. The molecule has 0 saturated heterocycles. The average molecular weight is 325 g/mol. The summed E-state index contributed by atoms with van der Waals surface area (Å²) in [4.78, 5) is 12.2. The number of carbonyl (C=O) groups is 1. The third-order valence-electron chi connectivity index (χ3n) is 3.38. The molecule has 0 radical (unpaired) electrons. The van der Waals surface area contributed by atoms with Crippen molar-refractivity contribution in [1.82, 2.24) is 5.32 Å². The molecule has 0 aliphatic carbocycles. The lowest BCUT2D eigenvalue weighted by Crippen LogP contribution is -2.36. The molecular weight excluding hydrogens is 302 g/mol. The Balaban J connectivity index is 1.82. The number of amides is 1. The lowest BCUT2D eigenvalue weighted by Gasteiger charge is -2.15. The van der Waals surface area contributed by atoms with Crippen LogP contribution in [0.2, 0.25) is 0 Å². The van der Waals surface area contributed by atoms with Crippen LogP contribution in [0.1, 0.15) is 22.8 Å². The van der Waals surface area contributed by atoms with Crippen molar-refractivity contribution in [3.8, 4) is 11.5 Å². The van der Waals surface area contributed by atoms with Gasteiger partial charge in [0.15, 0.2) is 0 Å². The summed E-state index contributed by atoms with van der Waals surface area (Å²) >= 11 is 0. The van der Waals surface area contributed by atoms with Crippen molar-refractivity contribution in [3.63, 3.8) is 0 Å². The van der Waals surface area contributed by atoms with Crippen molar-refractivity contribution in [3.05, 3.63) is 72.3 Å². The van der Waals surface area contributed by atoms with Crippen LogP contribution in [0, 0.1) is 6.92 Å². The summed E-state index contributed by atoms with van der Waals surface area (Å²) in [5.74, 6) is 1.37. The zero-order valence-electron chi connectivity index (χ0n) is 14.1. The molecule has 1 N–H and O–H groups in total. The first kappa shape index (κ1) is 17.6. The molecule has 0 aliphatic heterocycles. The fraction of sp³-hybridized carbons (Fsp3) is 0.250. The normalized spacial score (nSPS) is 11.4. The first-order valence-electron chi connectivity index (χ1n) is 7.92. The Bertz CT molecular complexity index is 662. The molecule has 0 aromatic heterocycles. The van der Waals surface area contributed by atoms with Gasteiger partial charge >= 0.3 is 0 Å². The second-order valence-electron chi connectivity index (χ2n) is 5.62. The van der Waals surface area contributed by atoms with Crippen LogP contribution in [0.3, 0.4) is 0 Å². The van der Waals surface area contributed by atoms with Gasteiger partial charge in [0.25, 0.3) is 5.91 Å². The largest absolute Gasteiger partial charge is 0.491 e. The summed E-state index contributed by atoms with van der Waals surface area (Å²) < 4.78 is 11.1. The van der Waals surface area contributed by atoms with E-state index >= 15 is 0 Å². The molecule has 0 aliphatic rings. The van der Waals surface area contributed by atoms with Crippen LogP contribution >= 0.6 is 0 Å². The molecule has 4 nitrogen and oxygen atoms in total. The van der Waals surface area contributed by atoms with Crippen molar-refractivity contribution in [1.29, 1.82) is 0 Å². The number of benzene rings is 2. The zero-order chi connectivity index (χ0) is 17.4. The highest BCUT2D eigenvalue weighted by Gasteiger charge is 2.10. The second-order valence-corrected chi connectivity index (χ2v) is 5.62. The molecule has 4 heteroatoms. The predicted molar refractivity (Wildman–Crippen MR) is 95.7 cm³/mol. The van der Waals surface area contributed by atoms with Gasteiger partial charge in [-0.05, 0) is 50.2 Å². The van der Waals surface area contributed by atoms with E-state index in [4.69, 9.17) is 9.47 Å². The maximum Gasteiger partial charge on any atom is 0.251 e. The molecule has 0 unspecified atom stereocenters. The smallest absolute Gasteiger partial charge is 0.251 e. The van der Waals surface area contributed by atoms with Crippen LogP contribution in [0.15, 0.2) is 61.2 Å². The van der Waals surface area contributed by atoms with Crippen molar-refractivity contribution in [2.24, 2.45) is 0 Å². The molecule has 24 heavy (non-hydrogen) atoms. The Labute approximate surface area is 143 Å². The number of hydrogen-bond donors (Lipinski definition) is 1. The maximum absolute atomic E-state index is 12.2. The number of carbonyl (C=O) groups excluding carboxylic acids is 1. The minimum absolute atomic E-state index is 0.101. The van der Waals surface area contributed by atoms with Gasteiger partial charge in [0.05, 0.1) is 6.04 Å². The summed E-state index contributed by atoms with van der Waals surface area (Å²) in [5.41, 5.74) is 1.77. The summed E-state index contributed by atoms with van der Waals surface area (Å²) in [6, 6.07) is 14.7. The molecule has 2 aromatic rings. The first-order chi connectivity index (χ1) is 11.6. The number of aryl methyl sites for hydroxylation is 1. The van der Waals surface area contributed by atoms with E-state index < -0.39 is 0 Å². The quantitative estimate of drug-likeness (QED) is 0.752. The molecule has 126 valence electrons. The Morgan fingerprint density at radius 3 is 2.29 bits per heavy atom. The van der Waals surface area contributed by atoms with Gasteiger partial charge in [-0.2, -0.15) is 0 Å². The Morgan fingerprint density at radius 2 is 1.67 bits per heavy atom. The molecule has 1 amide bonds. The highest BCUT2D eigenvalue weighted by atomic mass is 16.5. The van der Waals surface area contributed by atoms with E-state index in [9.17, 15) is 4.79 Å². The molecular formula is C20H23NO3. The Morgan fingerprint density at radius 1 is 1.08 bits per heavy atom. The zero-order valence-corrected chi connectivity index (χ0v) is 14.1. The molecule has 0 spiro atoms. The van der Waals surface area contributed by atoms with E-state index in [2.05, 4.69) is 11.9 Å². The topological polar surface area (TPSA) is 47.6 Å². The van der Waals surface area contributed by atoms with Crippen LogP contribution < -0.4 is 14.8 Å². The van der Waals surface area contributed by atoms with Crippen LogP contribution in [0.5, 0.6) is 11.5 Å². The van der Waals surface area contributed by atoms with Crippen LogP contribution in [-0.2, 0) is 0 Å². The van der Waals surface area contributed by atoms with Crippen molar-refractivity contribution >= 4 is 5.91 Å². The Hall–Kier alpha value is -2.75. The predicted octanol–water partition coefficient (Wildman–Crippen LogP) is 3.76. The van der Waals surface area contributed by atoms with Crippen molar-refractivity contribution < 1.29 is 14.3 Å². The maximum atomic E-state index is 12.2. The van der Waals surface area contributed by atoms with Crippen LogP contribution in [-0.4, -0.2) is 25.2 Å². The molecule has 0 heterocycles. The van der Waals surface area contributed by atoms with Gasteiger partial charge in [0.2, 0.25) is 0 Å². The molecule has 0 fully saturated rings. The Kier molecular flexibility index (Phi) is 6.43. The molecule has 0 bridgehead atoms. The van der Waals surface area contributed by atoms with E-state index in [1.54, 1.807) is 30.3 Å². The third-order valence-corrected chi connectivity index (χ3v) is 3.38. The lowest BCUT2D eigenvalue weighted by atomic mass is 10.2. The summed E-state index contributed by atoms with van der Waals surface area (Å²) in [6.07, 6.45) is 1.68. The van der Waals surface area contributed by atoms with Gasteiger partial charge < -0.3 is 14.8 Å². The van der Waals surface area contributed by atoms with Gasteiger partial charge in [-0.1, -0.05) is 30.4 Å². The molecule has 1 atom stereocenters. The summed E-state index contributed by atoms with van der Waals surface area (Å²) in [5, 5.41) is 2.92. The van der Waals surface area contributed by atoms with Gasteiger partial charge in [0.1, 0.15) is 24.7 Å². The van der Waals surface area contributed by atoms with Crippen molar-refractivity contribution in [2.75, 3.05) is 13.2 Å². The summed E-state index contributed by atoms with van der Waals surface area (Å²) in [7, 11) is 0. The monoisotopic (exact) mass is 325 g/mol. The fourth-order valence-corrected chi connectivity index (χ4v) is 2.06. The third kappa shape index (κ3) is 5.47. The van der Waals surface area contributed by atoms with Gasteiger partial charge in [-0.3, -0.25) is 4.79 Å². The fourth-order valence-electron chi connectivity index (χ4n) is 2.06. The second kappa shape index (κ2) is 8.77. The molecule has 2 rings (SSSR count). The van der Waals surface area contributed by atoms with Gasteiger partial charge in [0, 0.05) is 5.56 Å². The SMILES string of the molecule is C=CCOc1ccc(C(=O)N[C@H](C)COc2ccc(C)cc2)cc1.